The fraction of sp³-hybridized carbons (Fsp3) is 0.600. The highest BCUT2D eigenvalue weighted by Crippen LogP contribution is 1.74. The van der Waals surface area contributed by atoms with Crippen molar-refractivity contribution < 1.29 is 14.3 Å². The lowest BCUT2D eigenvalue weighted by molar-refractivity contribution is -0.120. The summed E-state index contributed by atoms with van der Waals surface area (Å²) >= 11 is 0. The van der Waals surface area contributed by atoms with E-state index in [1.807, 2.05) is 0 Å². The molecular formula is C5H10N2O3. The molecule has 0 radical (unpaired) electrons. The van der Waals surface area contributed by atoms with Crippen LogP contribution >= 0.6 is 0 Å². The van der Waals surface area contributed by atoms with Crippen LogP contribution in [0.4, 0.5) is 4.79 Å². The number of primary amides is 1. The molecule has 0 saturated carbocycles. The molecule has 0 rings (SSSR count). The summed E-state index contributed by atoms with van der Waals surface area (Å²) in [5, 5.41) is 2.33. The molecule has 0 aliphatic heterocycles. The molecule has 2 amide bonds. The van der Waals surface area contributed by atoms with Crippen LogP contribution in [0.2, 0.25) is 0 Å². The Labute approximate surface area is 58.5 Å². The smallest absolute Gasteiger partial charge is 0.407 e. The van der Waals surface area contributed by atoms with Crippen LogP contribution in [-0.2, 0) is 9.53 Å². The zero-order chi connectivity index (χ0) is 7.98. The van der Waals surface area contributed by atoms with Crippen LogP contribution in [0.5, 0.6) is 0 Å². The van der Waals surface area contributed by atoms with E-state index in [4.69, 9.17) is 5.73 Å². The number of alkyl carbamates (subject to hydrolysis) is 1. The summed E-state index contributed by atoms with van der Waals surface area (Å²) in [7, 11) is 0. The van der Waals surface area contributed by atoms with Crippen molar-refractivity contribution in [1.82, 2.24) is 5.32 Å². The maximum absolute atomic E-state index is 10.4. The number of carbonyl (C=O) groups excluding carboxylic acids is 2. The number of hydrogen-bond acceptors (Lipinski definition) is 3. The van der Waals surface area contributed by atoms with Gasteiger partial charge in [-0.3, -0.25) is 4.79 Å². The molecule has 0 aromatic heterocycles. The Morgan fingerprint density at radius 3 is 2.60 bits per heavy atom. The van der Waals surface area contributed by atoms with Gasteiger partial charge >= 0.3 is 6.09 Å². The molecule has 0 aromatic carbocycles. The van der Waals surface area contributed by atoms with Gasteiger partial charge in [0.25, 0.3) is 5.91 Å². The van der Waals surface area contributed by atoms with Crippen LogP contribution in [0.25, 0.3) is 0 Å². The molecule has 5 nitrogen and oxygen atoms in total. The molecule has 10 heavy (non-hydrogen) atoms. The molecule has 0 bridgehead atoms. The van der Waals surface area contributed by atoms with Gasteiger partial charge in [0, 0.05) is 6.54 Å². The van der Waals surface area contributed by atoms with Crippen molar-refractivity contribution in [3.63, 3.8) is 0 Å². The van der Waals surface area contributed by atoms with E-state index in [1.165, 1.54) is 0 Å². The molecule has 0 aromatic rings. The monoisotopic (exact) mass is 146 g/mol. The standard InChI is InChI=1S/C5H10N2O3/c1-2-7-5(9)10-3-4(6)8/h2-3H2,1H3,(H2,6,8)(H,7,9). The van der Waals surface area contributed by atoms with Crippen LogP contribution in [0, 0.1) is 0 Å². The molecule has 0 fully saturated rings. The van der Waals surface area contributed by atoms with E-state index in [0.717, 1.165) is 0 Å². The van der Waals surface area contributed by atoms with Gasteiger partial charge in [-0.1, -0.05) is 0 Å². The first kappa shape index (κ1) is 8.74. The van der Waals surface area contributed by atoms with Crippen LogP contribution < -0.4 is 11.1 Å². The van der Waals surface area contributed by atoms with E-state index in [2.05, 4.69) is 10.1 Å². The van der Waals surface area contributed by atoms with Gasteiger partial charge in [0.05, 0.1) is 0 Å². The summed E-state index contributed by atoms with van der Waals surface area (Å²) in [6, 6.07) is 0. The van der Waals surface area contributed by atoms with E-state index in [-0.39, 0.29) is 6.61 Å². The second-order valence-corrected chi connectivity index (χ2v) is 1.57. The van der Waals surface area contributed by atoms with Gasteiger partial charge in [0.2, 0.25) is 0 Å². The highest BCUT2D eigenvalue weighted by atomic mass is 16.6. The molecule has 3 N–H and O–H groups in total. The van der Waals surface area contributed by atoms with E-state index in [9.17, 15) is 9.59 Å². The summed E-state index contributed by atoms with van der Waals surface area (Å²) in [6.07, 6.45) is -0.624. The predicted molar refractivity (Wildman–Crippen MR) is 34.2 cm³/mol. The first-order valence-electron chi connectivity index (χ1n) is 2.85. The highest BCUT2D eigenvalue weighted by molar-refractivity contribution is 5.78. The molecule has 0 aliphatic rings. The lowest BCUT2D eigenvalue weighted by atomic mass is 10.7. The number of rotatable bonds is 3. The van der Waals surface area contributed by atoms with Crippen molar-refractivity contribution in [2.24, 2.45) is 5.73 Å². The molecule has 5 heteroatoms. The Morgan fingerprint density at radius 1 is 1.60 bits per heavy atom. The van der Waals surface area contributed by atoms with Crippen molar-refractivity contribution in [2.45, 2.75) is 6.92 Å². The van der Waals surface area contributed by atoms with E-state index in [0.29, 0.717) is 6.54 Å². The van der Waals surface area contributed by atoms with Crippen molar-refractivity contribution in [3.05, 3.63) is 0 Å². The number of nitrogens with one attached hydrogen (secondary N) is 1. The molecule has 0 spiro atoms. The van der Waals surface area contributed by atoms with Gasteiger partial charge in [-0.05, 0) is 6.92 Å². The number of carbonyl (C=O) groups is 2. The highest BCUT2D eigenvalue weighted by Gasteiger charge is 2.00. The zero-order valence-electron chi connectivity index (χ0n) is 5.72. The Balaban J connectivity index is 3.30. The molecule has 0 saturated heterocycles. The number of hydrogen-bond donors (Lipinski definition) is 2. The lowest BCUT2D eigenvalue weighted by Gasteiger charge is -2.00. The summed E-state index contributed by atoms with van der Waals surface area (Å²) < 4.78 is 4.32. The molecule has 0 aliphatic carbocycles. The van der Waals surface area contributed by atoms with Crippen molar-refractivity contribution in [1.29, 1.82) is 0 Å². The van der Waals surface area contributed by atoms with E-state index < -0.39 is 12.0 Å². The summed E-state index contributed by atoms with van der Waals surface area (Å²) in [5.74, 6) is -0.661. The summed E-state index contributed by atoms with van der Waals surface area (Å²) in [4.78, 5) is 20.4. The van der Waals surface area contributed by atoms with Crippen LogP contribution in [0.3, 0.4) is 0 Å². The first-order chi connectivity index (χ1) is 4.66. The Hall–Kier alpha value is -1.26. The van der Waals surface area contributed by atoms with Gasteiger partial charge in [-0.15, -0.1) is 0 Å². The summed E-state index contributed by atoms with van der Waals surface area (Å²) in [6.45, 7) is 1.84. The van der Waals surface area contributed by atoms with Gasteiger partial charge in [-0.25, -0.2) is 4.79 Å². The fourth-order valence-electron chi connectivity index (χ4n) is 0.332. The minimum absolute atomic E-state index is 0.369. The Kier molecular flexibility index (Phi) is 4.02. The number of ether oxygens (including phenoxy) is 1. The van der Waals surface area contributed by atoms with Gasteiger partial charge in [-0.2, -0.15) is 0 Å². The Morgan fingerprint density at radius 2 is 2.20 bits per heavy atom. The quantitative estimate of drug-likeness (QED) is 0.547. The largest absolute Gasteiger partial charge is 0.439 e. The van der Waals surface area contributed by atoms with Crippen LogP contribution in [0.1, 0.15) is 6.92 Å². The molecule has 0 unspecified atom stereocenters. The minimum atomic E-state index is -0.661. The second kappa shape index (κ2) is 4.60. The van der Waals surface area contributed by atoms with Crippen LogP contribution in [0.15, 0.2) is 0 Å². The maximum atomic E-state index is 10.4. The average molecular weight is 146 g/mol. The van der Waals surface area contributed by atoms with Gasteiger partial charge < -0.3 is 15.8 Å². The molecule has 0 atom stereocenters. The lowest BCUT2D eigenvalue weighted by Crippen LogP contribution is -2.28. The van der Waals surface area contributed by atoms with Gasteiger partial charge in [0.1, 0.15) is 0 Å². The number of amides is 2. The first-order valence-corrected chi connectivity index (χ1v) is 2.85. The number of nitrogens with two attached hydrogens (primary N) is 1. The van der Waals surface area contributed by atoms with E-state index >= 15 is 0 Å². The van der Waals surface area contributed by atoms with Gasteiger partial charge in [0.15, 0.2) is 6.61 Å². The molecule has 58 valence electrons. The topological polar surface area (TPSA) is 81.4 Å². The normalized spacial score (nSPS) is 8.50. The zero-order valence-corrected chi connectivity index (χ0v) is 5.72. The van der Waals surface area contributed by atoms with Crippen molar-refractivity contribution >= 4 is 12.0 Å². The molecular weight excluding hydrogens is 136 g/mol. The SMILES string of the molecule is CCNC(=O)OCC(N)=O. The van der Waals surface area contributed by atoms with Crippen molar-refractivity contribution in [2.75, 3.05) is 13.2 Å². The van der Waals surface area contributed by atoms with Crippen LogP contribution in [-0.4, -0.2) is 25.2 Å². The predicted octanol–water partition coefficient (Wildman–Crippen LogP) is -0.782. The summed E-state index contributed by atoms with van der Waals surface area (Å²) in [5.41, 5.74) is 4.69. The maximum Gasteiger partial charge on any atom is 0.407 e. The molecule has 0 heterocycles. The third-order valence-electron chi connectivity index (χ3n) is 0.667. The minimum Gasteiger partial charge on any atom is -0.439 e. The average Bonchev–Trinajstić information content (AvgIpc) is 1.85. The fourth-order valence-corrected chi connectivity index (χ4v) is 0.332. The van der Waals surface area contributed by atoms with Crippen molar-refractivity contribution in [3.8, 4) is 0 Å². The third kappa shape index (κ3) is 4.89. The Bertz CT molecular complexity index is 135. The second-order valence-electron chi connectivity index (χ2n) is 1.57. The third-order valence-corrected chi connectivity index (χ3v) is 0.667. The van der Waals surface area contributed by atoms with E-state index in [1.54, 1.807) is 6.92 Å².